The van der Waals surface area contributed by atoms with E-state index in [0.29, 0.717) is 67.0 Å². The highest BCUT2D eigenvalue weighted by molar-refractivity contribution is 5.76. The van der Waals surface area contributed by atoms with E-state index in [1.807, 2.05) is 4.57 Å². The summed E-state index contributed by atoms with van der Waals surface area (Å²) in [5, 5.41) is 35.4. The molecule has 2 N–H and O–H groups in total. The van der Waals surface area contributed by atoms with E-state index in [1.165, 1.54) is 24.3 Å². The second-order valence-electron chi connectivity index (χ2n) is 7.46. The molecule has 0 saturated carbocycles. The number of aliphatic hydroxyl groups is 2. The molecule has 2 aromatic carbocycles. The number of aliphatic hydroxyl groups excluding tert-OH is 2. The van der Waals surface area contributed by atoms with Crippen LogP contribution in [0.15, 0.2) is 36.4 Å². The Morgan fingerprint density at radius 3 is 1.85 bits per heavy atom. The Morgan fingerprint density at radius 2 is 1.26 bits per heavy atom. The lowest BCUT2D eigenvalue weighted by Crippen LogP contribution is -2.03. The van der Waals surface area contributed by atoms with Crippen molar-refractivity contribution in [3.8, 4) is 12.1 Å². The van der Waals surface area contributed by atoms with Crippen LogP contribution in [-0.2, 0) is 26.3 Å². The van der Waals surface area contributed by atoms with Gasteiger partial charge >= 0.3 is 0 Å². The molecule has 4 rings (SSSR count). The molecule has 8 nitrogen and oxygen atoms in total. The molecule has 0 spiro atoms. The first-order chi connectivity index (χ1) is 16.5. The zero-order valence-electron chi connectivity index (χ0n) is 18.5. The fourth-order valence-corrected chi connectivity index (χ4v) is 3.67. The van der Waals surface area contributed by atoms with E-state index in [0.717, 1.165) is 5.52 Å². The maximum atomic E-state index is 13.2. The normalized spacial score (nSPS) is 10.6. The Hall–Kier alpha value is -3.86. The maximum absolute atomic E-state index is 13.2. The van der Waals surface area contributed by atoms with Gasteiger partial charge in [-0.2, -0.15) is 10.5 Å². The Bertz CT molecular complexity index is 1350. The Labute approximate surface area is 194 Å². The van der Waals surface area contributed by atoms with Gasteiger partial charge in [-0.05, 0) is 43.2 Å². The van der Waals surface area contributed by atoms with Crippen molar-refractivity contribution in [1.82, 2.24) is 19.1 Å². The van der Waals surface area contributed by atoms with Gasteiger partial charge in [-0.25, -0.2) is 18.7 Å². The average Bonchev–Trinajstić information content (AvgIpc) is 3.36. The molecule has 10 heteroatoms. The lowest BCUT2D eigenvalue weighted by Gasteiger charge is -2.05. The SMILES string of the molecule is N#CCCCn1c(CO)nc2cc(F)ccc21.N#CCCCn1c(CO)nc2ccc(F)cc21. The molecule has 0 unspecified atom stereocenters. The first kappa shape index (κ1) is 24.8. The van der Waals surface area contributed by atoms with E-state index in [4.69, 9.17) is 10.5 Å². The number of hydrogen-bond acceptors (Lipinski definition) is 6. The van der Waals surface area contributed by atoms with E-state index >= 15 is 0 Å². The molecule has 2 heterocycles. The highest BCUT2D eigenvalue weighted by Crippen LogP contribution is 2.19. The maximum Gasteiger partial charge on any atom is 0.135 e. The summed E-state index contributed by atoms with van der Waals surface area (Å²) in [4.78, 5) is 8.38. The number of nitrogens with zero attached hydrogens (tertiary/aromatic N) is 6. The molecule has 176 valence electrons. The summed E-state index contributed by atoms with van der Waals surface area (Å²) in [7, 11) is 0. The van der Waals surface area contributed by atoms with Crippen molar-refractivity contribution >= 4 is 22.1 Å². The minimum absolute atomic E-state index is 0.192. The number of fused-ring (bicyclic) bond motifs is 2. The molecule has 2 aromatic heterocycles. The van der Waals surface area contributed by atoms with Gasteiger partial charge in [-0.3, -0.25) is 0 Å². The lowest BCUT2D eigenvalue weighted by atomic mass is 10.3. The van der Waals surface area contributed by atoms with Crippen LogP contribution in [0.5, 0.6) is 0 Å². The summed E-state index contributed by atoms with van der Waals surface area (Å²) < 4.78 is 29.8. The van der Waals surface area contributed by atoms with Crippen LogP contribution >= 0.6 is 0 Å². The van der Waals surface area contributed by atoms with Gasteiger partial charge in [0.2, 0.25) is 0 Å². The van der Waals surface area contributed by atoms with E-state index in [9.17, 15) is 19.0 Å². The number of halogens is 2. The summed E-state index contributed by atoms with van der Waals surface area (Å²) >= 11 is 0. The molecule has 4 aromatic rings. The number of hydrogen-bond donors (Lipinski definition) is 2. The van der Waals surface area contributed by atoms with Crippen LogP contribution in [0.1, 0.15) is 37.3 Å². The summed E-state index contributed by atoms with van der Waals surface area (Å²) in [6, 6.07) is 12.8. The fourth-order valence-electron chi connectivity index (χ4n) is 3.67. The van der Waals surface area contributed by atoms with Gasteiger partial charge in [0.15, 0.2) is 0 Å². The number of rotatable bonds is 8. The molecule has 0 atom stereocenters. The van der Waals surface area contributed by atoms with Crippen LogP contribution in [0.25, 0.3) is 22.1 Å². The molecule has 0 aliphatic rings. The Kier molecular flexibility index (Phi) is 8.63. The molecule has 0 aliphatic carbocycles. The number of aryl methyl sites for hydroxylation is 2. The van der Waals surface area contributed by atoms with Crippen LogP contribution in [0, 0.1) is 34.3 Å². The molecule has 0 amide bonds. The molecular weight excluding hydrogens is 442 g/mol. The zero-order chi connectivity index (χ0) is 24.5. The topological polar surface area (TPSA) is 124 Å². The largest absolute Gasteiger partial charge is 0.388 e. The van der Waals surface area contributed by atoms with Crippen LogP contribution in [0.4, 0.5) is 8.78 Å². The van der Waals surface area contributed by atoms with Crippen LogP contribution < -0.4 is 0 Å². The van der Waals surface area contributed by atoms with Crippen molar-refractivity contribution in [3.63, 3.8) is 0 Å². The summed E-state index contributed by atoms with van der Waals surface area (Å²) in [6.45, 7) is 0.778. The van der Waals surface area contributed by atoms with Crippen molar-refractivity contribution in [2.24, 2.45) is 0 Å². The van der Waals surface area contributed by atoms with Gasteiger partial charge in [0.1, 0.15) is 36.5 Å². The smallest absolute Gasteiger partial charge is 0.135 e. The van der Waals surface area contributed by atoms with Crippen molar-refractivity contribution in [2.75, 3.05) is 0 Å². The van der Waals surface area contributed by atoms with Gasteiger partial charge in [-0.15, -0.1) is 0 Å². The van der Waals surface area contributed by atoms with E-state index in [2.05, 4.69) is 22.1 Å². The predicted octanol–water partition coefficient (Wildman–Crippen LogP) is 3.94. The van der Waals surface area contributed by atoms with Crippen molar-refractivity contribution in [1.29, 1.82) is 10.5 Å². The minimum atomic E-state index is -0.344. The van der Waals surface area contributed by atoms with E-state index < -0.39 is 0 Å². The van der Waals surface area contributed by atoms with Crippen LogP contribution in [0.2, 0.25) is 0 Å². The molecule has 34 heavy (non-hydrogen) atoms. The molecule has 0 radical (unpaired) electrons. The monoisotopic (exact) mass is 466 g/mol. The standard InChI is InChI=1S/2C12H12FN3O/c13-9-3-4-11-10(7-9)15-12(8-17)16(11)6-2-1-5-14;13-9-3-4-10-11(7-9)16(6-2-1-5-14)12(8-17)15-10/h2*3-4,7,17H,1-2,6,8H2. The van der Waals surface area contributed by atoms with Gasteiger partial charge in [0, 0.05) is 32.0 Å². The predicted molar refractivity (Wildman–Crippen MR) is 121 cm³/mol. The number of nitriles is 2. The minimum Gasteiger partial charge on any atom is -0.388 e. The number of imidazole rings is 2. The van der Waals surface area contributed by atoms with E-state index in [1.54, 1.807) is 16.7 Å². The first-order valence-electron chi connectivity index (χ1n) is 10.8. The molecule has 0 fully saturated rings. The average molecular weight is 466 g/mol. The summed E-state index contributed by atoms with van der Waals surface area (Å²) in [5.74, 6) is 0.333. The highest BCUT2D eigenvalue weighted by Gasteiger charge is 2.11. The third-order valence-corrected chi connectivity index (χ3v) is 5.20. The molecule has 0 aliphatic heterocycles. The summed E-state index contributed by atoms with van der Waals surface area (Å²) in [6.07, 6.45) is 2.23. The van der Waals surface area contributed by atoms with Gasteiger partial charge in [-0.1, -0.05) is 0 Å². The molecular formula is C24H24F2N6O2. The van der Waals surface area contributed by atoms with Crippen LogP contribution in [0.3, 0.4) is 0 Å². The third-order valence-electron chi connectivity index (χ3n) is 5.20. The Morgan fingerprint density at radius 1 is 0.735 bits per heavy atom. The van der Waals surface area contributed by atoms with Crippen molar-refractivity contribution in [3.05, 3.63) is 59.7 Å². The van der Waals surface area contributed by atoms with Crippen molar-refractivity contribution in [2.45, 2.75) is 52.0 Å². The summed E-state index contributed by atoms with van der Waals surface area (Å²) in [5.41, 5.74) is 2.64. The van der Waals surface area contributed by atoms with Gasteiger partial charge in [0.25, 0.3) is 0 Å². The molecule has 0 saturated heterocycles. The second-order valence-corrected chi connectivity index (χ2v) is 7.46. The van der Waals surface area contributed by atoms with E-state index in [-0.39, 0.29) is 24.8 Å². The highest BCUT2D eigenvalue weighted by atomic mass is 19.1. The Balaban J connectivity index is 0.000000191. The quantitative estimate of drug-likeness (QED) is 0.379. The molecule has 0 bridgehead atoms. The first-order valence-corrected chi connectivity index (χ1v) is 10.8. The van der Waals surface area contributed by atoms with Crippen molar-refractivity contribution < 1.29 is 19.0 Å². The number of unbranched alkanes of at least 4 members (excludes halogenated alkanes) is 2. The third kappa shape index (κ3) is 5.73. The second kappa shape index (κ2) is 11.8. The van der Waals surface area contributed by atoms with Crippen LogP contribution in [-0.4, -0.2) is 29.3 Å². The number of aromatic nitrogens is 4. The van der Waals surface area contributed by atoms with Gasteiger partial charge in [0.05, 0.1) is 34.2 Å². The lowest BCUT2D eigenvalue weighted by molar-refractivity contribution is 0.265. The van der Waals surface area contributed by atoms with Gasteiger partial charge < -0.3 is 19.3 Å². The number of benzene rings is 2. The fraction of sp³-hybridized carbons (Fsp3) is 0.333. The zero-order valence-corrected chi connectivity index (χ0v) is 18.5.